The minimum Gasteiger partial charge on any atom is -0.481 e. The van der Waals surface area contributed by atoms with Crippen molar-refractivity contribution in [1.29, 1.82) is 0 Å². The number of primary amides is 1. The molecule has 3 heterocycles. The number of nitrogens with zero attached hydrogens (tertiary/aromatic N) is 2. The van der Waals surface area contributed by atoms with Crippen molar-refractivity contribution in [2.24, 2.45) is 11.7 Å². The number of carbonyl (C=O) groups excluding carboxylic acids is 2. The van der Waals surface area contributed by atoms with Gasteiger partial charge in [-0.3, -0.25) is 14.6 Å². The lowest BCUT2D eigenvalue weighted by Crippen LogP contribution is -2.47. The highest BCUT2D eigenvalue weighted by Gasteiger charge is 2.66. The summed E-state index contributed by atoms with van der Waals surface area (Å²) >= 11 is 0. The molecule has 2 aromatic heterocycles. The van der Waals surface area contributed by atoms with E-state index in [1.165, 1.54) is 13.0 Å². The van der Waals surface area contributed by atoms with Crippen molar-refractivity contribution < 1.29 is 45.4 Å². The number of nitrogens with two attached hydrogens (primary N) is 1. The third-order valence-electron chi connectivity index (χ3n) is 5.94. The molecule has 3 rings (SSSR count). The van der Waals surface area contributed by atoms with Crippen molar-refractivity contribution in [3.63, 3.8) is 0 Å². The number of amides is 2. The van der Waals surface area contributed by atoms with Gasteiger partial charge in [0.1, 0.15) is 17.5 Å². The summed E-state index contributed by atoms with van der Waals surface area (Å²) in [5.41, 5.74) is 0.602. The van der Waals surface area contributed by atoms with Gasteiger partial charge in [0.25, 0.3) is 11.8 Å². The van der Waals surface area contributed by atoms with Crippen molar-refractivity contribution in [2.75, 3.05) is 12.4 Å². The summed E-state index contributed by atoms with van der Waals surface area (Å²) in [6.07, 6.45) is -10.4. The number of carbonyl (C=O) groups is 2. The maximum absolute atomic E-state index is 14.0. The molecule has 0 bridgehead atoms. The third-order valence-corrected chi connectivity index (χ3v) is 5.94. The van der Waals surface area contributed by atoms with Crippen LogP contribution >= 0.6 is 0 Å². The number of nitrogens with one attached hydrogen (secondary N) is 1. The molecule has 14 heteroatoms. The van der Waals surface area contributed by atoms with Crippen LogP contribution in [0, 0.1) is 5.92 Å². The first-order valence-electron chi connectivity index (χ1n) is 10.0. The van der Waals surface area contributed by atoms with E-state index in [1.807, 2.05) is 0 Å². The van der Waals surface area contributed by atoms with Crippen LogP contribution in [0.25, 0.3) is 0 Å². The highest BCUT2D eigenvalue weighted by atomic mass is 19.4. The first kappa shape index (κ1) is 26.2. The lowest BCUT2D eigenvalue weighted by atomic mass is 9.77. The number of methoxy groups -OCH3 is 1. The fourth-order valence-corrected chi connectivity index (χ4v) is 3.91. The minimum atomic E-state index is -4.93. The predicted molar refractivity (Wildman–Crippen MR) is 108 cm³/mol. The van der Waals surface area contributed by atoms with E-state index >= 15 is 0 Å². The smallest absolute Gasteiger partial charge is 0.433 e. The summed E-state index contributed by atoms with van der Waals surface area (Å²) in [5, 5.41) is 2.34. The molecule has 1 aliphatic rings. The average molecular weight is 506 g/mol. The van der Waals surface area contributed by atoms with Crippen LogP contribution in [0.15, 0.2) is 30.5 Å². The number of pyridine rings is 2. The number of halogens is 6. The largest absolute Gasteiger partial charge is 0.481 e. The molecule has 0 saturated carbocycles. The molecule has 35 heavy (non-hydrogen) atoms. The van der Waals surface area contributed by atoms with Crippen LogP contribution in [0.5, 0.6) is 5.88 Å². The summed E-state index contributed by atoms with van der Waals surface area (Å²) in [7, 11) is 1.01. The summed E-state index contributed by atoms with van der Waals surface area (Å²) < 4.78 is 91.5. The van der Waals surface area contributed by atoms with Gasteiger partial charge in [-0.1, -0.05) is 13.0 Å². The van der Waals surface area contributed by atoms with Crippen LogP contribution in [0.2, 0.25) is 0 Å². The molecule has 8 nitrogen and oxygen atoms in total. The molecule has 2 aromatic rings. The van der Waals surface area contributed by atoms with Crippen LogP contribution in [0.1, 0.15) is 41.5 Å². The highest BCUT2D eigenvalue weighted by molar-refractivity contribution is 5.97. The van der Waals surface area contributed by atoms with Crippen molar-refractivity contribution in [2.45, 2.75) is 43.8 Å². The number of anilines is 1. The van der Waals surface area contributed by atoms with Gasteiger partial charge in [-0.15, -0.1) is 0 Å². The van der Waals surface area contributed by atoms with Crippen LogP contribution in [-0.4, -0.2) is 46.8 Å². The van der Waals surface area contributed by atoms with Gasteiger partial charge < -0.3 is 20.5 Å². The number of rotatable bonds is 5. The molecule has 2 amide bonds. The molecule has 0 unspecified atom stereocenters. The van der Waals surface area contributed by atoms with Gasteiger partial charge >= 0.3 is 12.4 Å². The van der Waals surface area contributed by atoms with Gasteiger partial charge in [0.05, 0.1) is 7.11 Å². The van der Waals surface area contributed by atoms with Crippen molar-refractivity contribution in [3.8, 4) is 5.88 Å². The average Bonchev–Trinajstić information content (AvgIpc) is 3.04. The Labute approximate surface area is 194 Å². The Balaban J connectivity index is 2.07. The molecule has 190 valence electrons. The van der Waals surface area contributed by atoms with E-state index in [0.717, 1.165) is 32.4 Å². The van der Waals surface area contributed by atoms with Crippen molar-refractivity contribution >= 4 is 17.5 Å². The van der Waals surface area contributed by atoms with E-state index in [1.54, 1.807) is 0 Å². The second kappa shape index (κ2) is 8.98. The maximum atomic E-state index is 14.0. The first-order valence-corrected chi connectivity index (χ1v) is 10.0. The van der Waals surface area contributed by atoms with E-state index < -0.39 is 59.3 Å². The Bertz CT molecular complexity index is 1140. The minimum absolute atomic E-state index is 0.00748. The van der Waals surface area contributed by atoms with Crippen molar-refractivity contribution in [1.82, 2.24) is 9.97 Å². The second-order valence-electron chi connectivity index (χ2n) is 8.03. The molecule has 0 aliphatic carbocycles. The van der Waals surface area contributed by atoms with E-state index in [-0.39, 0.29) is 16.9 Å². The standard InChI is InChI=1S/C21H20F6N4O4/c1-9-14(11-4-5-13(20(22,23)24)31-18(11)34-3)15(35-19(9,2)21(25,26)27)17(33)30-10-6-7-29-12(8-10)16(28)32/h4-9,14-15H,1-3H3,(H2,28,32)(H,29,30,33)/t9-,14+,15+,19-/m1/s1. The monoisotopic (exact) mass is 506 g/mol. The zero-order chi connectivity index (χ0) is 26.3. The van der Waals surface area contributed by atoms with Crippen LogP contribution in [0.3, 0.4) is 0 Å². The van der Waals surface area contributed by atoms with Gasteiger partial charge in [-0.25, -0.2) is 4.98 Å². The van der Waals surface area contributed by atoms with Crippen LogP contribution < -0.4 is 15.8 Å². The molecule has 0 aromatic carbocycles. The highest BCUT2D eigenvalue weighted by Crippen LogP contribution is 2.54. The zero-order valence-electron chi connectivity index (χ0n) is 18.5. The van der Waals surface area contributed by atoms with Gasteiger partial charge in [0, 0.05) is 29.3 Å². The van der Waals surface area contributed by atoms with E-state index in [9.17, 15) is 35.9 Å². The van der Waals surface area contributed by atoms with Crippen molar-refractivity contribution in [3.05, 3.63) is 47.4 Å². The normalized spacial score (nSPS) is 24.8. The summed E-state index contributed by atoms with van der Waals surface area (Å²) in [4.78, 5) is 31.5. The van der Waals surface area contributed by atoms with Gasteiger partial charge in [0.2, 0.25) is 5.88 Å². The zero-order valence-corrected chi connectivity index (χ0v) is 18.5. The molecule has 1 saturated heterocycles. The SMILES string of the molecule is COc1nc(C(F)(F)F)ccc1[C@H]1[C@@H](C(=O)Nc2ccnc(C(N)=O)c2)O[C@@](C)(C(F)(F)F)[C@@H]1C. The summed E-state index contributed by atoms with van der Waals surface area (Å²) in [6, 6.07) is 3.88. The molecule has 1 aliphatic heterocycles. The van der Waals surface area contributed by atoms with Gasteiger partial charge in [0.15, 0.2) is 5.60 Å². The Morgan fingerprint density at radius 3 is 2.37 bits per heavy atom. The van der Waals surface area contributed by atoms with E-state index in [2.05, 4.69) is 15.3 Å². The van der Waals surface area contributed by atoms with Crippen LogP contribution in [-0.2, 0) is 15.7 Å². The summed E-state index contributed by atoms with van der Waals surface area (Å²) in [5.74, 6) is -5.38. The summed E-state index contributed by atoms with van der Waals surface area (Å²) in [6.45, 7) is 1.92. The molecule has 0 spiro atoms. The number of aromatic nitrogens is 2. The number of hydrogen-bond donors (Lipinski definition) is 2. The van der Waals surface area contributed by atoms with Gasteiger partial charge in [-0.2, -0.15) is 26.3 Å². The molecule has 0 radical (unpaired) electrons. The first-order chi connectivity index (χ1) is 16.1. The quantitative estimate of drug-likeness (QED) is 0.598. The lowest BCUT2D eigenvalue weighted by molar-refractivity contribution is -0.272. The Kier molecular flexibility index (Phi) is 6.72. The molecule has 1 fully saturated rings. The number of alkyl halides is 6. The number of hydrogen-bond acceptors (Lipinski definition) is 6. The molecular weight excluding hydrogens is 486 g/mol. The van der Waals surface area contributed by atoms with Crippen LogP contribution in [0.4, 0.5) is 32.0 Å². The Morgan fingerprint density at radius 1 is 1.17 bits per heavy atom. The lowest BCUT2D eigenvalue weighted by Gasteiger charge is -2.31. The fraction of sp³-hybridized carbons (Fsp3) is 0.429. The second-order valence-corrected chi connectivity index (χ2v) is 8.03. The molecule has 4 atom stereocenters. The fourth-order valence-electron chi connectivity index (χ4n) is 3.91. The van der Waals surface area contributed by atoms with Gasteiger partial charge in [-0.05, 0) is 25.1 Å². The molecule has 3 N–H and O–H groups in total. The predicted octanol–water partition coefficient (Wildman–Crippen LogP) is 3.68. The number of ether oxygens (including phenoxy) is 2. The van der Waals surface area contributed by atoms with E-state index in [4.69, 9.17) is 15.2 Å². The maximum Gasteiger partial charge on any atom is 0.433 e. The topological polar surface area (TPSA) is 116 Å². The third kappa shape index (κ3) is 4.88. The molecular formula is C21H20F6N4O4. The van der Waals surface area contributed by atoms with E-state index in [0.29, 0.717) is 6.07 Å². The Morgan fingerprint density at radius 2 is 1.83 bits per heavy atom. The Hall–Kier alpha value is -3.42.